The van der Waals surface area contributed by atoms with Gasteiger partial charge in [-0.05, 0) is 36.2 Å². The van der Waals surface area contributed by atoms with Crippen LogP contribution in [0.15, 0.2) is 53.5 Å². The molecule has 1 unspecified atom stereocenters. The molecule has 0 saturated carbocycles. The number of halogens is 2. The van der Waals surface area contributed by atoms with E-state index < -0.39 is 5.82 Å². The van der Waals surface area contributed by atoms with Gasteiger partial charge in [0.15, 0.2) is 17.5 Å². The summed E-state index contributed by atoms with van der Waals surface area (Å²) in [6, 6.07) is 13.9. The molecule has 2 aromatic rings. The predicted molar refractivity (Wildman–Crippen MR) is 135 cm³/mol. The maximum atomic E-state index is 13.9. The molecule has 0 aliphatic heterocycles. The molecule has 0 radical (unpaired) electrons. The van der Waals surface area contributed by atoms with Gasteiger partial charge < -0.3 is 25.0 Å². The Kier molecular flexibility index (Phi) is 12.4. The van der Waals surface area contributed by atoms with Crippen LogP contribution in [0.2, 0.25) is 0 Å². The largest absolute Gasteiger partial charge is 0.497 e. The minimum Gasteiger partial charge on any atom is -0.497 e. The van der Waals surface area contributed by atoms with E-state index in [1.165, 1.54) is 11.0 Å². The van der Waals surface area contributed by atoms with Gasteiger partial charge in [-0.15, -0.1) is 24.0 Å². The maximum absolute atomic E-state index is 13.9. The molecule has 9 heteroatoms. The summed E-state index contributed by atoms with van der Waals surface area (Å²) < 4.78 is 24.9. The second-order valence-electron chi connectivity index (χ2n) is 7.11. The summed E-state index contributed by atoms with van der Waals surface area (Å²) in [5, 5.41) is 6.24. The van der Waals surface area contributed by atoms with Crippen LogP contribution in [-0.4, -0.2) is 57.2 Å². The average Bonchev–Trinajstić information content (AvgIpc) is 2.78. The molecule has 0 aliphatic rings. The summed E-state index contributed by atoms with van der Waals surface area (Å²) in [6.07, 6.45) is 0.401. The van der Waals surface area contributed by atoms with Gasteiger partial charge in [0.1, 0.15) is 11.9 Å². The maximum Gasteiger partial charge on any atom is 0.241 e. The number of carbonyl (C=O) groups excluding carboxylic acids is 1. The Morgan fingerprint density at radius 2 is 1.81 bits per heavy atom. The highest BCUT2D eigenvalue weighted by atomic mass is 127. The normalized spacial score (nSPS) is 11.7. The van der Waals surface area contributed by atoms with E-state index in [0.29, 0.717) is 25.5 Å². The molecule has 1 atom stereocenters. The fourth-order valence-corrected chi connectivity index (χ4v) is 2.59. The number of rotatable bonds is 10. The van der Waals surface area contributed by atoms with E-state index in [2.05, 4.69) is 15.6 Å². The lowest BCUT2D eigenvalue weighted by Crippen LogP contribution is -2.45. The van der Waals surface area contributed by atoms with Crippen LogP contribution in [0, 0.1) is 5.82 Å². The number of carbonyl (C=O) groups is 1. The second-order valence-corrected chi connectivity index (χ2v) is 7.11. The number of nitrogens with one attached hydrogen (secondary N) is 2. The highest BCUT2D eigenvalue weighted by Gasteiger charge is 2.13. The number of hydrogen-bond donors (Lipinski definition) is 2. The van der Waals surface area contributed by atoms with Crippen molar-refractivity contribution in [1.82, 2.24) is 15.5 Å². The van der Waals surface area contributed by atoms with E-state index in [1.807, 2.05) is 31.2 Å². The average molecular weight is 558 g/mol. The molecular weight excluding hydrogens is 526 g/mol. The van der Waals surface area contributed by atoms with Gasteiger partial charge in [-0.1, -0.05) is 31.2 Å². The highest BCUT2D eigenvalue weighted by Crippen LogP contribution is 2.17. The predicted octanol–water partition coefficient (Wildman–Crippen LogP) is 3.43. The SMILES string of the molecule is CCC(CNC(=NCc1ccc(OC)cc1)NCC(=O)N(C)C)Oc1ccccc1F.I. The first-order valence-corrected chi connectivity index (χ1v) is 10.2. The number of guanidine groups is 1. The van der Waals surface area contributed by atoms with Crippen molar-refractivity contribution in [3.8, 4) is 11.5 Å². The number of nitrogens with zero attached hydrogens (tertiary/aromatic N) is 2. The topological polar surface area (TPSA) is 75.2 Å². The zero-order valence-electron chi connectivity index (χ0n) is 18.9. The molecule has 0 bridgehead atoms. The first-order chi connectivity index (χ1) is 14.9. The number of para-hydroxylation sites is 1. The summed E-state index contributed by atoms with van der Waals surface area (Å²) in [7, 11) is 5.01. The van der Waals surface area contributed by atoms with Crippen LogP contribution in [0.5, 0.6) is 11.5 Å². The van der Waals surface area contributed by atoms with Crippen molar-refractivity contribution < 1.29 is 18.7 Å². The van der Waals surface area contributed by atoms with Gasteiger partial charge in [-0.3, -0.25) is 4.79 Å². The first kappa shape index (κ1) is 27.5. The molecule has 0 heterocycles. The lowest BCUT2D eigenvalue weighted by atomic mass is 10.2. The number of benzene rings is 2. The molecular formula is C23H32FIN4O3. The van der Waals surface area contributed by atoms with Crippen molar-refractivity contribution in [2.75, 3.05) is 34.3 Å². The lowest BCUT2D eigenvalue weighted by Gasteiger charge is -2.21. The van der Waals surface area contributed by atoms with E-state index in [-0.39, 0.29) is 48.3 Å². The van der Waals surface area contributed by atoms with Gasteiger partial charge >= 0.3 is 0 Å². The van der Waals surface area contributed by atoms with Crippen molar-refractivity contribution in [3.05, 3.63) is 59.9 Å². The van der Waals surface area contributed by atoms with E-state index in [0.717, 1.165) is 11.3 Å². The van der Waals surface area contributed by atoms with Crippen LogP contribution in [0.3, 0.4) is 0 Å². The number of amides is 1. The molecule has 7 nitrogen and oxygen atoms in total. The molecule has 1 amide bonds. The van der Waals surface area contributed by atoms with Crippen molar-refractivity contribution >= 4 is 35.8 Å². The zero-order chi connectivity index (χ0) is 22.6. The second kappa shape index (κ2) is 14.5. The molecule has 32 heavy (non-hydrogen) atoms. The number of aliphatic imine (C=N–C) groups is 1. The number of likely N-dealkylation sites (N-methyl/N-ethyl adjacent to an activating group) is 1. The van der Waals surface area contributed by atoms with Gasteiger partial charge in [0.05, 0.1) is 26.7 Å². The number of methoxy groups -OCH3 is 1. The molecule has 2 rings (SSSR count). The quantitative estimate of drug-likeness (QED) is 0.266. The minimum atomic E-state index is -0.399. The van der Waals surface area contributed by atoms with Crippen molar-refractivity contribution in [2.45, 2.75) is 26.0 Å². The summed E-state index contributed by atoms with van der Waals surface area (Å²) in [6.45, 7) is 2.88. The minimum absolute atomic E-state index is 0. The fourth-order valence-electron chi connectivity index (χ4n) is 2.59. The summed E-state index contributed by atoms with van der Waals surface area (Å²) in [5.41, 5.74) is 0.996. The van der Waals surface area contributed by atoms with Crippen LogP contribution >= 0.6 is 24.0 Å². The Labute approximate surface area is 206 Å². The molecule has 2 N–H and O–H groups in total. The van der Waals surface area contributed by atoms with Crippen LogP contribution in [0.4, 0.5) is 4.39 Å². The Bertz CT molecular complexity index is 863. The summed E-state index contributed by atoms with van der Waals surface area (Å²) in [4.78, 5) is 18.0. The van der Waals surface area contributed by atoms with Gasteiger partial charge in [-0.2, -0.15) is 0 Å². The molecule has 176 valence electrons. The number of hydrogen-bond acceptors (Lipinski definition) is 4. The van der Waals surface area contributed by atoms with Gasteiger partial charge in [0.25, 0.3) is 0 Å². The third kappa shape index (κ3) is 9.29. The summed E-state index contributed by atoms with van der Waals surface area (Å²) >= 11 is 0. The highest BCUT2D eigenvalue weighted by molar-refractivity contribution is 14.0. The summed E-state index contributed by atoms with van der Waals surface area (Å²) in [5.74, 6) is 0.986. The Morgan fingerprint density at radius 3 is 2.41 bits per heavy atom. The van der Waals surface area contributed by atoms with E-state index in [1.54, 1.807) is 39.4 Å². The first-order valence-electron chi connectivity index (χ1n) is 10.2. The molecule has 0 aromatic heterocycles. The lowest BCUT2D eigenvalue weighted by molar-refractivity contribution is -0.127. The van der Waals surface area contributed by atoms with Crippen molar-refractivity contribution in [3.63, 3.8) is 0 Å². The van der Waals surface area contributed by atoms with Crippen molar-refractivity contribution in [2.24, 2.45) is 4.99 Å². The van der Waals surface area contributed by atoms with Crippen LogP contribution < -0.4 is 20.1 Å². The zero-order valence-corrected chi connectivity index (χ0v) is 21.3. The Balaban J connectivity index is 0.00000512. The van der Waals surface area contributed by atoms with Crippen LogP contribution in [0.1, 0.15) is 18.9 Å². The van der Waals surface area contributed by atoms with E-state index in [9.17, 15) is 9.18 Å². The van der Waals surface area contributed by atoms with Crippen LogP contribution in [-0.2, 0) is 11.3 Å². The van der Waals surface area contributed by atoms with Crippen LogP contribution in [0.25, 0.3) is 0 Å². The number of ether oxygens (including phenoxy) is 2. The molecule has 0 fully saturated rings. The van der Waals surface area contributed by atoms with Gasteiger partial charge in [0, 0.05) is 14.1 Å². The fraction of sp³-hybridized carbons (Fsp3) is 0.391. The van der Waals surface area contributed by atoms with E-state index in [4.69, 9.17) is 9.47 Å². The van der Waals surface area contributed by atoms with Gasteiger partial charge in [0.2, 0.25) is 5.91 Å². The monoisotopic (exact) mass is 558 g/mol. The Morgan fingerprint density at radius 1 is 1.12 bits per heavy atom. The molecule has 2 aromatic carbocycles. The van der Waals surface area contributed by atoms with Gasteiger partial charge in [-0.25, -0.2) is 9.38 Å². The van der Waals surface area contributed by atoms with E-state index >= 15 is 0 Å². The third-order valence-electron chi connectivity index (χ3n) is 4.57. The van der Waals surface area contributed by atoms with Crippen molar-refractivity contribution in [1.29, 1.82) is 0 Å². The standard InChI is InChI=1S/C23H31FN4O3.HI/c1-5-18(31-21-9-7-6-8-20(21)24)15-26-23(27-16-22(29)28(2)3)25-14-17-10-12-19(30-4)13-11-17;/h6-13,18H,5,14-16H2,1-4H3,(H2,25,26,27);1H. The molecule has 0 spiro atoms. The third-order valence-corrected chi connectivity index (χ3v) is 4.57. The smallest absolute Gasteiger partial charge is 0.241 e. The Hall–Kier alpha value is -2.56. The molecule has 0 saturated heterocycles. The molecule has 0 aliphatic carbocycles.